The molecule has 3 heteroatoms. The fraction of sp³-hybridized carbons (Fsp3) is 0.324. The van der Waals surface area contributed by atoms with Gasteiger partial charge in [0.25, 0.3) is 0 Å². The third kappa shape index (κ3) is 4.32. The van der Waals surface area contributed by atoms with Crippen LogP contribution in [0.2, 0.25) is 0 Å². The van der Waals surface area contributed by atoms with Crippen LogP contribution in [0.5, 0.6) is 0 Å². The number of nitrogens with zero attached hydrogens (tertiary/aromatic N) is 3. The first kappa shape index (κ1) is 26.4. The van der Waals surface area contributed by atoms with Crippen LogP contribution in [0.1, 0.15) is 72.4 Å². The Labute approximate surface area is 239 Å². The Morgan fingerprint density at radius 1 is 0.775 bits per heavy atom. The molecule has 0 fully saturated rings. The van der Waals surface area contributed by atoms with Crippen LogP contribution < -0.4 is 4.90 Å². The molecule has 202 valence electrons. The average Bonchev–Trinajstić information content (AvgIpc) is 3.39. The van der Waals surface area contributed by atoms with Gasteiger partial charge in [-0.3, -0.25) is 0 Å². The predicted octanol–water partition coefficient (Wildman–Crippen LogP) is 7.89. The Morgan fingerprint density at radius 2 is 1.30 bits per heavy atom. The number of anilines is 1. The summed E-state index contributed by atoms with van der Waals surface area (Å²) in [5.74, 6) is 0.392. The summed E-state index contributed by atoms with van der Waals surface area (Å²) in [7, 11) is 0. The van der Waals surface area contributed by atoms with Crippen molar-refractivity contribution in [2.45, 2.75) is 57.0 Å². The summed E-state index contributed by atoms with van der Waals surface area (Å²) < 4.78 is 0. The van der Waals surface area contributed by atoms with Crippen LogP contribution in [0.25, 0.3) is 0 Å². The first-order valence-corrected chi connectivity index (χ1v) is 15.0. The molecule has 0 N–H and O–H groups in total. The zero-order valence-electron chi connectivity index (χ0n) is 23.8. The van der Waals surface area contributed by atoms with E-state index >= 15 is 0 Å². The van der Waals surface area contributed by atoms with E-state index in [-0.39, 0.29) is 0 Å². The first-order chi connectivity index (χ1) is 19.7. The fourth-order valence-corrected chi connectivity index (χ4v) is 7.57. The van der Waals surface area contributed by atoms with Crippen LogP contribution >= 0.6 is 0 Å². The Morgan fingerprint density at radius 3 is 1.77 bits per heavy atom. The van der Waals surface area contributed by atoms with Gasteiger partial charge in [0.05, 0.1) is 11.6 Å². The largest absolute Gasteiger partial charge is 0.353 e. The maximum absolute atomic E-state index is 10.2. The molecule has 40 heavy (non-hydrogen) atoms. The highest BCUT2D eigenvalue weighted by Gasteiger charge is 2.49. The van der Waals surface area contributed by atoms with Crippen LogP contribution in [0.15, 0.2) is 103 Å². The number of nitriles is 1. The van der Waals surface area contributed by atoms with E-state index in [0.717, 1.165) is 50.9 Å². The molecule has 4 aromatic rings. The van der Waals surface area contributed by atoms with Gasteiger partial charge in [0.2, 0.25) is 0 Å². The minimum absolute atomic E-state index is 0.392. The van der Waals surface area contributed by atoms with E-state index in [1.807, 2.05) is 0 Å². The normalized spacial score (nSPS) is 18.0. The van der Waals surface area contributed by atoms with Crippen molar-refractivity contribution in [3.63, 3.8) is 0 Å². The van der Waals surface area contributed by atoms with E-state index in [9.17, 15) is 5.26 Å². The van der Waals surface area contributed by atoms with E-state index in [2.05, 4.69) is 133 Å². The van der Waals surface area contributed by atoms with E-state index in [1.54, 1.807) is 0 Å². The van der Waals surface area contributed by atoms with Crippen molar-refractivity contribution in [2.75, 3.05) is 24.5 Å². The molecule has 3 nitrogen and oxygen atoms in total. The van der Waals surface area contributed by atoms with Gasteiger partial charge >= 0.3 is 0 Å². The summed E-state index contributed by atoms with van der Waals surface area (Å²) >= 11 is 0. The Bertz CT molecular complexity index is 1370. The molecule has 1 heterocycles. The monoisotopic (exact) mass is 525 g/mol. The highest BCUT2D eigenvalue weighted by Crippen LogP contribution is 2.54. The van der Waals surface area contributed by atoms with Crippen LogP contribution in [0.3, 0.4) is 0 Å². The third-order valence-electron chi connectivity index (χ3n) is 9.07. The van der Waals surface area contributed by atoms with E-state index in [4.69, 9.17) is 0 Å². The van der Waals surface area contributed by atoms with E-state index in [1.165, 1.54) is 33.5 Å². The van der Waals surface area contributed by atoms with Crippen molar-refractivity contribution in [1.82, 2.24) is 4.90 Å². The summed E-state index contributed by atoms with van der Waals surface area (Å²) in [6.07, 6.45) is 4.42. The summed E-state index contributed by atoms with van der Waals surface area (Å²) in [5, 5.41) is 10.2. The van der Waals surface area contributed by atoms with Crippen LogP contribution in [0.4, 0.5) is 5.69 Å². The molecule has 6 rings (SSSR count). The lowest BCUT2D eigenvalue weighted by atomic mass is 9.75. The maximum Gasteiger partial charge on any atom is 0.116 e. The van der Waals surface area contributed by atoms with Gasteiger partial charge in [0.15, 0.2) is 0 Å². The number of hydrogen-bond acceptors (Lipinski definition) is 3. The second kappa shape index (κ2) is 11.3. The van der Waals surface area contributed by atoms with E-state index in [0.29, 0.717) is 12.0 Å². The minimum Gasteiger partial charge on any atom is -0.353 e. The smallest absolute Gasteiger partial charge is 0.116 e. The predicted molar refractivity (Wildman–Crippen MR) is 165 cm³/mol. The lowest BCUT2D eigenvalue weighted by Gasteiger charge is -2.45. The highest BCUT2D eigenvalue weighted by atomic mass is 15.2. The maximum atomic E-state index is 10.2. The van der Waals surface area contributed by atoms with Crippen molar-refractivity contribution in [1.29, 1.82) is 5.26 Å². The van der Waals surface area contributed by atoms with E-state index < -0.39 is 5.54 Å². The van der Waals surface area contributed by atoms with Gasteiger partial charge in [-0.15, -0.1) is 0 Å². The molecular weight excluding hydrogens is 486 g/mol. The van der Waals surface area contributed by atoms with Crippen molar-refractivity contribution < 1.29 is 0 Å². The summed E-state index contributed by atoms with van der Waals surface area (Å²) in [4.78, 5) is 5.36. The highest BCUT2D eigenvalue weighted by molar-refractivity contribution is 5.73. The van der Waals surface area contributed by atoms with Crippen LogP contribution in [-0.4, -0.2) is 30.6 Å². The quantitative estimate of drug-likeness (QED) is 0.208. The van der Waals surface area contributed by atoms with Crippen LogP contribution in [-0.2, 0) is 12.0 Å². The third-order valence-corrected chi connectivity index (χ3v) is 9.07. The summed E-state index contributed by atoms with van der Waals surface area (Å²) in [6, 6.07) is 40.3. The molecular formula is C37H39N3. The minimum atomic E-state index is -0.495. The fourth-order valence-electron chi connectivity index (χ4n) is 7.57. The van der Waals surface area contributed by atoms with Gasteiger partial charge in [-0.05, 0) is 78.7 Å². The SMILES string of the molecule is CCCN(CCC)[C@H]1Cc2c(C#N)ccc3c2[C@H](C1)CN3C(c1ccccc1)(c1ccccc1)c1ccccc1. The Kier molecular flexibility index (Phi) is 7.46. The van der Waals surface area contributed by atoms with Crippen LogP contribution in [0, 0.1) is 11.3 Å². The molecule has 0 radical (unpaired) electrons. The lowest BCUT2D eigenvalue weighted by Crippen LogP contribution is -2.48. The van der Waals surface area contributed by atoms with Gasteiger partial charge in [-0.2, -0.15) is 5.26 Å². The molecule has 0 unspecified atom stereocenters. The molecule has 4 aromatic carbocycles. The zero-order valence-corrected chi connectivity index (χ0v) is 23.8. The van der Waals surface area contributed by atoms with Crippen molar-refractivity contribution in [2.24, 2.45) is 0 Å². The molecule has 1 aliphatic carbocycles. The molecule has 1 aliphatic heterocycles. The molecule has 0 amide bonds. The molecule has 0 bridgehead atoms. The summed E-state index contributed by atoms with van der Waals surface area (Å²) in [5.41, 5.74) is 8.13. The Balaban J connectivity index is 1.58. The molecule has 0 spiro atoms. The Hall–Kier alpha value is -3.87. The van der Waals surface area contributed by atoms with Crippen molar-refractivity contribution >= 4 is 5.69 Å². The molecule has 0 saturated carbocycles. The second-order valence-electron chi connectivity index (χ2n) is 11.4. The van der Waals surface area contributed by atoms with Gasteiger partial charge in [-0.25, -0.2) is 0 Å². The van der Waals surface area contributed by atoms with Crippen molar-refractivity contribution in [3.05, 3.63) is 137 Å². The zero-order chi connectivity index (χ0) is 27.5. The lowest BCUT2D eigenvalue weighted by molar-refractivity contribution is 0.171. The standard InChI is InChI=1S/C37H39N3/c1-3-22-39(23-4-2)33-24-29-27-40(35-21-20-28(26-38)34(25-33)36(29)35)37(30-14-8-5-9-15-30,31-16-10-6-11-17-31)32-18-12-7-13-19-32/h5-21,29,33H,3-4,22-25,27H2,1-2H3/t29-,33-/m1/s1. The number of benzene rings is 4. The molecule has 0 aromatic heterocycles. The van der Waals surface area contributed by atoms with Gasteiger partial charge < -0.3 is 9.80 Å². The van der Waals surface area contributed by atoms with Gasteiger partial charge in [-0.1, -0.05) is 105 Å². The molecule has 0 saturated heterocycles. The average molecular weight is 526 g/mol. The number of hydrogen-bond donors (Lipinski definition) is 0. The first-order valence-electron chi connectivity index (χ1n) is 15.0. The molecule has 2 aliphatic rings. The van der Waals surface area contributed by atoms with Gasteiger partial charge in [0.1, 0.15) is 5.54 Å². The van der Waals surface area contributed by atoms with Gasteiger partial charge in [0, 0.05) is 24.2 Å². The van der Waals surface area contributed by atoms with Crippen molar-refractivity contribution in [3.8, 4) is 6.07 Å². The molecule has 2 atom stereocenters. The number of rotatable bonds is 9. The topological polar surface area (TPSA) is 30.3 Å². The second-order valence-corrected chi connectivity index (χ2v) is 11.4. The summed E-state index contributed by atoms with van der Waals surface area (Å²) in [6.45, 7) is 7.73.